The van der Waals surface area contributed by atoms with Gasteiger partial charge in [-0.25, -0.2) is 0 Å². The summed E-state index contributed by atoms with van der Waals surface area (Å²) in [5.41, 5.74) is 0.608. The van der Waals surface area contributed by atoms with Gasteiger partial charge in [-0.2, -0.15) is 0 Å². The Bertz CT molecular complexity index is 595. The summed E-state index contributed by atoms with van der Waals surface area (Å²) in [5, 5.41) is 3.17. The molecule has 1 N–H and O–H groups in total. The van der Waals surface area contributed by atoms with Gasteiger partial charge in [-0.15, -0.1) is 0 Å². The molecular weight excluding hydrogens is 304 g/mol. The molecule has 118 valence electrons. The van der Waals surface area contributed by atoms with Gasteiger partial charge in [0.15, 0.2) is 0 Å². The Hall–Kier alpha value is -1.59. The van der Waals surface area contributed by atoms with Crippen molar-refractivity contribution >= 4 is 23.4 Å². The Kier molecular flexibility index (Phi) is 4.10. The van der Waals surface area contributed by atoms with E-state index in [9.17, 15) is 9.59 Å². The lowest BCUT2D eigenvalue weighted by Crippen LogP contribution is -2.57. The Morgan fingerprint density at radius 1 is 1.41 bits per heavy atom. The molecule has 22 heavy (non-hydrogen) atoms. The first kappa shape index (κ1) is 15.3. The lowest BCUT2D eigenvalue weighted by Gasteiger charge is -2.40. The maximum atomic E-state index is 12.7. The molecule has 0 aromatic heterocycles. The van der Waals surface area contributed by atoms with Crippen molar-refractivity contribution in [3.8, 4) is 0 Å². The monoisotopic (exact) mass is 322 g/mol. The van der Waals surface area contributed by atoms with Crippen LogP contribution in [0.15, 0.2) is 24.3 Å². The van der Waals surface area contributed by atoms with Gasteiger partial charge in [0.1, 0.15) is 6.61 Å². The van der Waals surface area contributed by atoms with E-state index in [4.69, 9.17) is 16.3 Å². The van der Waals surface area contributed by atoms with Crippen LogP contribution < -0.4 is 5.32 Å². The van der Waals surface area contributed by atoms with E-state index < -0.39 is 5.41 Å². The molecule has 2 amide bonds. The van der Waals surface area contributed by atoms with E-state index in [0.717, 1.165) is 18.4 Å². The zero-order valence-electron chi connectivity index (χ0n) is 12.5. The Morgan fingerprint density at radius 2 is 2.14 bits per heavy atom. The summed E-state index contributed by atoms with van der Waals surface area (Å²) < 4.78 is 5.44. The van der Waals surface area contributed by atoms with Crippen molar-refractivity contribution in [2.24, 2.45) is 0 Å². The van der Waals surface area contributed by atoms with E-state index in [2.05, 4.69) is 5.32 Å². The number of hydrogen-bond acceptors (Lipinski definition) is 3. The summed E-state index contributed by atoms with van der Waals surface area (Å²) in [4.78, 5) is 25.6. The van der Waals surface area contributed by atoms with Crippen LogP contribution in [0.3, 0.4) is 0 Å². The normalized spacial score (nSPS) is 19.5. The maximum absolute atomic E-state index is 12.7. The second-order valence-corrected chi connectivity index (χ2v) is 6.35. The zero-order chi connectivity index (χ0) is 15.7. The molecule has 1 aromatic carbocycles. The number of halogens is 1. The smallest absolute Gasteiger partial charge is 0.245 e. The molecule has 2 fully saturated rings. The fourth-order valence-corrected chi connectivity index (χ4v) is 3.01. The van der Waals surface area contributed by atoms with Gasteiger partial charge in [-0.05, 0) is 30.5 Å². The second kappa shape index (κ2) is 5.89. The third-order valence-corrected chi connectivity index (χ3v) is 4.64. The predicted octanol–water partition coefficient (Wildman–Crippen LogP) is 1.35. The lowest BCUT2D eigenvalue weighted by molar-refractivity contribution is -0.150. The first-order valence-corrected chi connectivity index (χ1v) is 7.80. The van der Waals surface area contributed by atoms with Crippen LogP contribution in [-0.4, -0.2) is 49.6 Å². The van der Waals surface area contributed by atoms with Crippen LogP contribution >= 0.6 is 11.6 Å². The van der Waals surface area contributed by atoms with Crippen LogP contribution in [0.25, 0.3) is 0 Å². The number of amides is 2. The van der Waals surface area contributed by atoms with Crippen LogP contribution in [0, 0.1) is 0 Å². The standard InChI is InChI=1S/C16H19ClN2O3/c1-18-14(20)10-22-13-8-19(9-13)15(21)16(5-6-16)11-3-2-4-12(17)7-11/h2-4,7,13H,5-6,8-10H2,1H3,(H,18,20). The van der Waals surface area contributed by atoms with Gasteiger partial charge in [-0.1, -0.05) is 23.7 Å². The van der Waals surface area contributed by atoms with Gasteiger partial charge >= 0.3 is 0 Å². The fourth-order valence-electron chi connectivity index (χ4n) is 2.81. The molecule has 1 aliphatic carbocycles. The molecule has 1 saturated heterocycles. The van der Waals surface area contributed by atoms with E-state index in [-0.39, 0.29) is 24.5 Å². The van der Waals surface area contributed by atoms with Gasteiger partial charge < -0.3 is 15.0 Å². The van der Waals surface area contributed by atoms with Crippen LogP contribution in [0.5, 0.6) is 0 Å². The molecule has 0 bridgehead atoms. The molecular formula is C16H19ClN2O3. The van der Waals surface area contributed by atoms with Gasteiger partial charge in [0.2, 0.25) is 11.8 Å². The molecule has 1 heterocycles. The average Bonchev–Trinajstić information content (AvgIpc) is 3.26. The molecule has 5 nitrogen and oxygen atoms in total. The predicted molar refractivity (Wildman–Crippen MR) is 82.8 cm³/mol. The molecule has 0 radical (unpaired) electrons. The minimum atomic E-state index is -0.392. The first-order valence-electron chi connectivity index (χ1n) is 7.43. The number of likely N-dealkylation sites (tertiary alicyclic amines) is 1. The van der Waals surface area contributed by atoms with Crippen LogP contribution in [0.4, 0.5) is 0 Å². The van der Waals surface area contributed by atoms with E-state index >= 15 is 0 Å². The summed E-state index contributed by atoms with van der Waals surface area (Å²) in [6, 6.07) is 7.55. The SMILES string of the molecule is CNC(=O)COC1CN(C(=O)C2(c3cccc(Cl)c3)CC2)C1. The minimum absolute atomic E-state index is 0.0443. The van der Waals surface area contributed by atoms with Crippen LogP contribution in [0.2, 0.25) is 5.02 Å². The molecule has 0 atom stereocenters. The lowest BCUT2D eigenvalue weighted by atomic mass is 9.92. The molecule has 3 rings (SSSR count). The highest BCUT2D eigenvalue weighted by molar-refractivity contribution is 6.30. The van der Waals surface area contributed by atoms with Gasteiger partial charge in [0.05, 0.1) is 11.5 Å². The van der Waals surface area contributed by atoms with E-state index in [1.54, 1.807) is 7.05 Å². The largest absolute Gasteiger partial charge is 0.365 e. The second-order valence-electron chi connectivity index (χ2n) is 5.91. The quantitative estimate of drug-likeness (QED) is 0.890. The van der Waals surface area contributed by atoms with Crippen molar-refractivity contribution in [3.63, 3.8) is 0 Å². The number of ether oxygens (including phenoxy) is 1. The molecule has 0 spiro atoms. The number of likely N-dealkylation sites (N-methyl/N-ethyl adjacent to an activating group) is 1. The van der Waals surface area contributed by atoms with Gasteiger partial charge in [0, 0.05) is 25.2 Å². The number of carbonyl (C=O) groups excluding carboxylic acids is 2. The number of rotatable bonds is 5. The Labute approximate surface area is 134 Å². The van der Waals surface area contributed by atoms with Crippen molar-refractivity contribution in [2.45, 2.75) is 24.4 Å². The van der Waals surface area contributed by atoms with E-state index in [1.807, 2.05) is 29.2 Å². The van der Waals surface area contributed by atoms with Gasteiger partial charge in [0.25, 0.3) is 0 Å². The summed E-state index contributed by atoms with van der Waals surface area (Å²) in [7, 11) is 1.57. The highest BCUT2D eigenvalue weighted by atomic mass is 35.5. The zero-order valence-corrected chi connectivity index (χ0v) is 13.2. The number of nitrogens with zero attached hydrogens (tertiary/aromatic N) is 1. The molecule has 6 heteroatoms. The van der Waals surface area contributed by atoms with Gasteiger partial charge in [-0.3, -0.25) is 9.59 Å². The Morgan fingerprint density at radius 3 is 2.73 bits per heavy atom. The summed E-state index contributed by atoms with van der Waals surface area (Å²) in [5.74, 6) is -0.00285. The summed E-state index contributed by atoms with van der Waals surface area (Å²) in [6.07, 6.45) is 1.69. The maximum Gasteiger partial charge on any atom is 0.245 e. The Balaban J connectivity index is 1.56. The minimum Gasteiger partial charge on any atom is -0.365 e. The third-order valence-electron chi connectivity index (χ3n) is 4.40. The highest BCUT2D eigenvalue weighted by Gasteiger charge is 2.54. The fraction of sp³-hybridized carbons (Fsp3) is 0.500. The average molecular weight is 323 g/mol. The summed E-state index contributed by atoms with van der Waals surface area (Å²) >= 11 is 6.04. The van der Waals surface area contributed by atoms with E-state index in [1.165, 1.54) is 0 Å². The first-order chi connectivity index (χ1) is 10.5. The van der Waals surface area contributed by atoms with Crippen LogP contribution in [0.1, 0.15) is 18.4 Å². The van der Waals surface area contributed by atoms with Crippen molar-refractivity contribution in [3.05, 3.63) is 34.9 Å². The molecule has 1 saturated carbocycles. The third kappa shape index (κ3) is 2.83. The van der Waals surface area contributed by atoms with Crippen molar-refractivity contribution in [1.29, 1.82) is 0 Å². The summed E-state index contributed by atoms with van der Waals surface area (Å²) in [6.45, 7) is 1.15. The van der Waals surface area contributed by atoms with E-state index in [0.29, 0.717) is 18.1 Å². The number of nitrogens with one attached hydrogen (secondary N) is 1. The van der Waals surface area contributed by atoms with Crippen molar-refractivity contribution < 1.29 is 14.3 Å². The molecule has 0 unspecified atom stereocenters. The number of hydrogen-bond donors (Lipinski definition) is 1. The van der Waals surface area contributed by atoms with Crippen molar-refractivity contribution in [1.82, 2.24) is 10.2 Å². The number of carbonyl (C=O) groups is 2. The molecule has 1 aromatic rings. The molecule has 1 aliphatic heterocycles. The number of benzene rings is 1. The molecule has 2 aliphatic rings. The highest BCUT2D eigenvalue weighted by Crippen LogP contribution is 2.50. The van der Waals surface area contributed by atoms with Crippen LogP contribution in [-0.2, 0) is 19.7 Å². The van der Waals surface area contributed by atoms with Crippen molar-refractivity contribution in [2.75, 3.05) is 26.7 Å². The topological polar surface area (TPSA) is 58.6 Å².